The Morgan fingerprint density at radius 3 is 2.34 bits per heavy atom. The molecule has 6 nitrogen and oxygen atoms in total. The molecule has 4 N–H and O–H groups in total. The van der Waals surface area contributed by atoms with Crippen molar-refractivity contribution in [2.24, 2.45) is 21.9 Å². The Morgan fingerprint density at radius 2 is 1.75 bits per heavy atom. The zero-order valence-electron chi connectivity index (χ0n) is 18.2. The zero-order chi connectivity index (χ0) is 22.9. The number of nitrogens with two attached hydrogens (primary N) is 2. The van der Waals surface area contributed by atoms with Gasteiger partial charge in [0, 0.05) is 5.92 Å². The molecule has 1 unspecified atom stereocenters. The van der Waals surface area contributed by atoms with Crippen LogP contribution in [0.15, 0.2) is 65.0 Å². The Balaban J connectivity index is 1.62. The van der Waals surface area contributed by atoms with Crippen molar-refractivity contribution in [2.45, 2.75) is 38.1 Å². The Labute approximate surface area is 192 Å². The lowest BCUT2D eigenvalue weighted by molar-refractivity contribution is -0.142. The number of rotatable bonds is 5. The maximum atomic E-state index is 13.5. The van der Waals surface area contributed by atoms with E-state index in [4.69, 9.17) is 16.2 Å². The normalized spacial score (nSPS) is 26.0. The molecular weight excluding hydrogens is 422 g/mol. The largest absolute Gasteiger partial charge is 0.466 e. The fourth-order valence-corrected chi connectivity index (χ4v) is 5.58. The van der Waals surface area contributed by atoms with Crippen molar-refractivity contribution in [1.82, 2.24) is 0 Å². The van der Waals surface area contributed by atoms with E-state index in [0.29, 0.717) is 13.0 Å². The van der Waals surface area contributed by atoms with Gasteiger partial charge >= 0.3 is 5.97 Å². The van der Waals surface area contributed by atoms with Gasteiger partial charge in [0.25, 0.3) is 5.91 Å². The maximum Gasteiger partial charge on any atom is 0.309 e. The second kappa shape index (κ2) is 8.56. The average Bonchev–Trinajstić information content (AvgIpc) is 2.77. The van der Waals surface area contributed by atoms with Gasteiger partial charge in [0.15, 0.2) is 5.17 Å². The van der Waals surface area contributed by atoms with Crippen LogP contribution >= 0.6 is 11.8 Å². The molecule has 0 saturated heterocycles. The van der Waals surface area contributed by atoms with Crippen molar-refractivity contribution < 1.29 is 14.3 Å². The molecule has 2 aromatic rings. The highest BCUT2D eigenvalue weighted by Crippen LogP contribution is 2.62. The Morgan fingerprint density at radius 1 is 1.16 bits per heavy atom. The van der Waals surface area contributed by atoms with E-state index in [2.05, 4.69) is 29.3 Å². The van der Waals surface area contributed by atoms with Crippen LogP contribution in [0.25, 0.3) is 0 Å². The van der Waals surface area contributed by atoms with Crippen molar-refractivity contribution in [3.05, 3.63) is 82.3 Å². The second-order valence-corrected chi connectivity index (χ2v) is 9.35. The Bertz CT molecular complexity index is 1080. The van der Waals surface area contributed by atoms with Gasteiger partial charge in [-0.05, 0) is 47.9 Å². The van der Waals surface area contributed by atoms with Crippen LogP contribution in [0.2, 0.25) is 0 Å². The molecule has 3 aliphatic rings. The van der Waals surface area contributed by atoms with Crippen LogP contribution in [-0.4, -0.2) is 23.7 Å². The van der Waals surface area contributed by atoms with Crippen molar-refractivity contribution in [1.29, 1.82) is 0 Å². The fourth-order valence-electron chi connectivity index (χ4n) is 5.12. The highest BCUT2D eigenvalue weighted by atomic mass is 32.2. The standard InChI is InChI=1S/C25H27N3O3S/c1-3-31-20(29)13-8-14-32-23(26)28-22(30)24(2)15-25(27)18-11-6-4-9-16(18)21(24)17-10-5-7-12-19(17)25/h4-12,14,21H,3,13,15,27H2,1-2H3,(H2,26,28,30)/b14-8+. The topological polar surface area (TPSA) is 108 Å². The molecule has 0 spiro atoms. The van der Waals surface area contributed by atoms with Crippen LogP contribution in [0.5, 0.6) is 0 Å². The third-order valence-electron chi connectivity index (χ3n) is 6.36. The first-order chi connectivity index (χ1) is 15.3. The lowest BCUT2D eigenvalue weighted by atomic mass is 9.49. The van der Waals surface area contributed by atoms with E-state index < -0.39 is 11.0 Å². The third-order valence-corrected chi connectivity index (χ3v) is 7.02. The predicted molar refractivity (Wildman–Crippen MR) is 127 cm³/mol. The quantitative estimate of drug-likeness (QED) is 0.409. The summed E-state index contributed by atoms with van der Waals surface area (Å²) < 4.78 is 4.87. The number of thioether (sulfide) groups is 1. The highest BCUT2D eigenvalue weighted by molar-refractivity contribution is 8.16. The number of amides is 1. The van der Waals surface area contributed by atoms with E-state index in [1.807, 2.05) is 31.2 Å². The predicted octanol–water partition coefficient (Wildman–Crippen LogP) is 3.79. The van der Waals surface area contributed by atoms with Gasteiger partial charge in [0.1, 0.15) is 0 Å². The molecule has 7 heteroatoms. The summed E-state index contributed by atoms with van der Waals surface area (Å²) in [5, 5.41) is 1.78. The van der Waals surface area contributed by atoms with Crippen LogP contribution in [-0.2, 0) is 19.9 Å². The van der Waals surface area contributed by atoms with Crippen LogP contribution in [0, 0.1) is 5.41 Å². The number of fused-ring (bicyclic) bond motifs is 1. The number of aliphatic imine (C=N–C) groups is 1. The van der Waals surface area contributed by atoms with Gasteiger partial charge < -0.3 is 16.2 Å². The van der Waals surface area contributed by atoms with Gasteiger partial charge in [-0.25, -0.2) is 0 Å². The Hall–Kier alpha value is -2.90. The first kappa shape index (κ1) is 22.3. The third kappa shape index (κ3) is 3.65. The molecule has 1 amide bonds. The summed E-state index contributed by atoms with van der Waals surface area (Å²) in [4.78, 5) is 29.1. The number of carbonyl (C=O) groups is 2. The second-order valence-electron chi connectivity index (χ2n) is 8.43. The number of nitrogens with zero attached hydrogens (tertiary/aromatic N) is 1. The van der Waals surface area contributed by atoms with Gasteiger partial charge in [-0.15, -0.1) is 0 Å². The number of carbonyl (C=O) groups excluding carboxylic acids is 2. The number of amidine groups is 1. The molecule has 0 radical (unpaired) electrons. The summed E-state index contributed by atoms with van der Waals surface area (Å²) in [5.41, 5.74) is 15.8. The number of hydrogen-bond acceptors (Lipinski definition) is 5. The molecule has 166 valence electrons. The zero-order valence-corrected chi connectivity index (χ0v) is 19.0. The van der Waals surface area contributed by atoms with E-state index in [0.717, 1.165) is 34.0 Å². The molecule has 0 aliphatic heterocycles. The molecule has 0 aromatic heterocycles. The molecular formula is C25H27N3O3S. The van der Waals surface area contributed by atoms with Gasteiger partial charge in [-0.2, -0.15) is 4.99 Å². The summed E-state index contributed by atoms with van der Waals surface area (Å²) in [5.74, 6) is -0.744. The minimum absolute atomic E-state index is 0.130. The minimum atomic E-state index is -0.822. The van der Waals surface area contributed by atoms with E-state index >= 15 is 0 Å². The summed E-state index contributed by atoms with van der Waals surface area (Å²) >= 11 is 1.11. The summed E-state index contributed by atoms with van der Waals surface area (Å²) in [6, 6.07) is 16.2. The number of ether oxygens (including phenoxy) is 1. The van der Waals surface area contributed by atoms with E-state index in [1.165, 1.54) is 0 Å². The van der Waals surface area contributed by atoms with Crippen molar-refractivity contribution in [3.63, 3.8) is 0 Å². The highest BCUT2D eigenvalue weighted by Gasteiger charge is 2.59. The van der Waals surface area contributed by atoms with Crippen molar-refractivity contribution in [2.75, 3.05) is 6.61 Å². The van der Waals surface area contributed by atoms with E-state index in [-0.39, 0.29) is 29.4 Å². The molecule has 5 rings (SSSR count). The number of hydrogen-bond donors (Lipinski definition) is 2. The van der Waals surface area contributed by atoms with Gasteiger partial charge in [-0.1, -0.05) is 66.4 Å². The summed E-state index contributed by atoms with van der Waals surface area (Å²) in [6.45, 7) is 4.03. The first-order valence-electron chi connectivity index (χ1n) is 10.6. The van der Waals surface area contributed by atoms with Crippen molar-refractivity contribution >= 4 is 28.8 Å². The molecule has 0 fully saturated rings. The number of benzene rings is 2. The number of esters is 1. The molecule has 2 bridgehead atoms. The van der Waals surface area contributed by atoms with Crippen LogP contribution < -0.4 is 11.5 Å². The van der Waals surface area contributed by atoms with Gasteiger partial charge in [0.2, 0.25) is 0 Å². The van der Waals surface area contributed by atoms with E-state index in [1.54, 1.807) is 18.4 Å². The van der Waals surface area contributed by atoms with Crippen molar-refractivity contribution in [3.8, 4) is 0 Å². The fraction of sp³-hybridized carbons (Fsp3) is 0.320. The minimum Gasteiger partial charge on any atom is -0.466 e. The summed E-state index contributed by atoms with van der Waals surface area (Å²) in [6.07, 6.45) is 2.24. The maximum absolute atomic E-state index is 13.5. The Kier molecular flexibility index (Phi) is 5.97. The molecule has 3 aliphatic carbocycles. The lowest BCUT2D eigenvalue weighted by Crippen LogP contribution is -2.56. The average molecular weight is 450 g/mol. The lowest BCUT2D eigenvalue weighted by Gasteiger charge is -2.55. The monoisotopic (exact) mass is 449 g/mol. The van der Waals surface area contributed by atoms with Crippen LogP contribution in [0.1, 0.15) is 54.9 Å². The van der Waals surface area contributed by atoms with Gasteiger partial charge in [0.05, 0.1) is 24.0 Å². The van der Waals surface area contributed by atoms with Gasteiger partial charge in [-0.3, -0.25) is 9.59 Å². The molecule has 2 aromatic carbocycles. The first-order valence-corrected chi connectivity index (χ1v) is 11.5. The van der Waals surface area contributed by atoms with Crippen LogP contribution in [0.4, 0.5) is 0 Å². The molecule has 0 heterocycles. The SMILES string of the molecule is CCOC(=O)C/C=C/SC(N)=NC(=O)C1(C)CC2(N)c3ccccc3C1c1ccccc12. The molecule has 0 saturated carbocycles. The molecule has 32 heavy (non-hydrogen) atoms. The van der Waals surface area contributed by atoms with Crippen LogP contribution in [0.3, 0.4) is 0 Å². The summed E-state index contributed by atoms with van der Waals surface area (Å²) in [7, 11) is 0. The van der Waals surface area contributed by atoms with E-state index in [9.17, 15) is 9.59 Å². The molecule has 1 atom stereocenters. The smallest absolute Gasteiger partial charge is 0.309 e.